The Bertz CT molecular complexity index is 711. The van der Waals surface area contributed by atoms with Crippen LogP contribution in [0.1, 0.15) is 43.5 Å². The van der Waals surface area contributed by atoms with Gasteiger partial charge in [0.05, 0.1) is 11.3 Å². The summed E-state index contributed by atoms with van der Waals surface area (Å²) in [6.07, 6.45) is 3.52. The molecule has 3 atom stereocenters. The number of thiocarbonyl (C=S) groups is 1. The molecule has 2 amide bonds. The second-order valence-corrected chi connectivity index (χ2v) is 8.92. The summed E-state index contributed by atoms with van der Waals surface area (Å²) in [6.45, 7) is 4.51. The predicted molar refractivity (Wildman–Crippen MR) is 118 cm³/mol. The zero-order valence-electron chi connectivity index (χ0n) is 17.0. The van der Waals surface area contributed by atoms with E-state index in [1.165, 1.54) is 29.5 Å². The lowest BCUT2D eigenvalue weighted by molar-refractivity contribution is -0.125. The van der Waals surface area contributed by atoms with Gasteiger partial charge in [0.15, 0.2) is 5.11 Å². The molecular formula is C20H30N4O2S2. The quantitative estimate of drug-likeness (QED) is 0.385. The minimum atomic E-state index is -0.283. The molecule has 154 valence electrons. The third kappa shape index (κ3) is 6.38. The fraction of sp³-hybridized carbons (Fsp3) is 0.550. The minimum Gasteiger partial charge on any atom is -0.358 e. The standard InChI is InChI=1S/C20H30N4O2S2/c1-13-8-7-10-16(14(13)2)21-20(27)23-22-19(26)15-9-5-6-11-17(15)28-12-18(25)24(3)4/h5-6,9,11,13-14,16H,7-8,10,12H2,1-4H3,(H,22,26)(H2,21,23,27)/t13-,14-,16-/m1/s1. The van der Waals surface area contributed by atoms with Gasteiger partial charge in [-0.2, -0.15) is 0 Å². The van der Waals surface area contributed by atoms with Crippen molar-refractivity contribution >= 4 is 40.9 Å². The fourth-order valence-electron chi connectivity index (χ4n) is 3.22. The van der Waals surface area contributed by atoms with Crippen molar-refractivity contribution in [2.24, 2.45) is 11.8 Å². The number of hydrogen-bond donors (Lipinski definition) is 3. The molecule has 0 aromatic heterocycles. The van der Waals surface area contributed by atoms with Gasteiger partial charge in [-0.15, -0.1) is 11.8 Å². The lowest BCUT2D eigenvalue weighted by Crippen LogP contribution is -2.52. The second-order valence-electron chi connectivity index (χ2n) is 7.50. The summed E-state index contributed by atoms with van der Waals surface area (Å²) in [4.78, 5) is 26.7. The van der Waals surface area contributed by atoms with Gasteiger partial charge in [0.25, 0.3) is 5.91 Å². The number of nitrogens with zero attached hydrogens (tertiary/aromatic N) is 1. The number of benzene rings is 1. The van der Waals surface area contributed by atoms with E-state index in [9.17, 15) is 9.59 Å². The van der Waals surface area contributed by atoms with Crippen molar-refractivity contribution < 1.29 is 9.59 Å². The molecule has 0 radical (unpaired) electrons. The molecule has 0 spiro atoms. The molecule has 0 aliphatic heterocycles. The van der Waals surface area contributed by atoms with Crippen molar-refractivity contribution in [3.63, 3.8) is 0 Å². The third-order valence-corrected chi connectivity index (χ3v) is 6.57. The summed E-state index contributed by atoms with van der Waals surface area (Å²) in [7, 11) is 3.43. The van der Waals surface area contributed by atoms with Gasteiger partial charge in [0.1, 0.15) is 0 Å². The first-order chi connectivity index (χ1) is 13.3. The molecular weight excluding hydrogens is 392 g/mol. The second kappa shape index (κ2) is 10.7. The van der Waals surface area contributed by atoms with E-state index in [0.29, 0.717) is 28.6 Å². The van der Waals surface area contributed by atoms with Crippen LogP contribution >= 0.6 is 24.0 Å². The summed E-state index contributed by atoms with van der Waals surface area (Å²) >= 11 is 6.70. The molecule has 1 saturated carbocycles. The Hall–Kier alpha value is -1.80. The summed E-state index contributed by atoms with van der Waals surface area (Å²) in [5, 5.41) is 3.75. The molecule has 1 aromatic rings. The molecule has 1 aromatic carbocycles. The largest absolute Gasteiger partial charge is 0.358 e. The van der Waals surface area contributed by atoms with Crippen LogP contribution in [0.2, 0.25) is 0 Å². The maximum atomic E-state index is 12.6. The van der Waals surface area contributed by atoms with Gasteiger partial charge in [0.2, 0.25) is 5.91 Å². The molecule has 0 saturated heterocycles. The van der Waals surface area contributed by atoms with Gasteiger partial charge in [-0.05, 0) is 42.6 Å². The Morgan fingerprint density at radius 3 is 2.61 bits per heavy atom. The van der Waals surface area contributed by atoms with Crippen LogP contribution in [0.3, 0.4) is 0 Å². The van der Waals surface area contributed by atoms with E-state index in [1.807, 2.05) is 12.1 Å². The highest BCUT2D eigenvalue weighted by atomic mass is 32.2. The van der Waals surface area contributed by atoms with Gasteiger partial charge in [0, 0.05) is 25.0 Å². The van der Waals surface area contributed by atoms with Crippen LogP contribution in [0.4, 0.5) is 0 Å². The highest BCUT2D eigenvalue weighted by Gasteiger charge is 2.27. The highest BCUT2D eigenvalue weighted by Crippen LogP contribution is 2.29. The van der Waals surface area contributed by atoms with E-state index < -0.39 is 0 Å². The molecule has 1 aliphatic carbocycles. The number of rotatable bonds is 5. The zero-order chi connectivity index (χ0) is 20.7. The van der Waals surface area contributed by atoms with Gasteiger partial charge in [-0.3, -0.25) is 20.4 Å². The molecule has 0 heterocycles. The molecule has 28 heavy (non-hydrogen) atoms. The van der Waals surface area contributed by atoms with Crippen molar-refractivity contribution in [2.75, 3.05) is 19.8 Å². The van der Waals surface area contributed by atoms with Crippen LogP contribution in [0.5, 0.6) is 0 Å². The number of carbonyl (C=O) groups is 2. The van der Waals surface area contributed by atoms with Gasteiger partial charge in [-0.25, -0.2) is 0 Å². The lowest BCUT2D eigenvalue weighted by Gasteiger charge is -2.35. The van der Waals surface area contributed by atoms with Gasteiger partial charge < -0.3 is 10.2 Å². The molecule has 2 rings (SSSR count). The molecule has 1 aliphatic rings. The van der Waals surface area contributed by atoms with E-state index >= 15 is 0 Å². The Labute approximate surface area is 177 Å². The van der Waals surface area contributed by atoms with Crippen molar-refractivity contribution in [2.45, 2.75) is 44.0 Å². The van der Waals surface area contributed by atoms with Crippen LogP contribution < -0.4 is 16.2 Å². The van der Waals surface area contributed by atoms with Crippen molar-refractivity contribution in [3.8, 4) is 0 Å². The molecule has 0 bridgehead atoms. The molecule has 1 fully saturated rings. The van der Waals surface area contributed by atoms with E-state index in [2.05, 4.69) is 30.0 Å². The number of hydrogen-bond acceptors (Lipinski definition) is 4. The highest BCUT2D eigenvalue weighted by molar-refractivity contribution is 8.00. The first kappa shape index (κ1) is 22.5. The zero-order valence-corrected chi connectivity index (χ0v) is 18.6. The average Bonchev–Trinajstić information content (AvgIpc) is 2.68. The third-order valence-electron chi connectivity index (χ3n) is 5.29. The summed E-state index contributed by atoms with van der Waals surface area (Å²) in [5.74, 6) is 1.20. The Kier molecular flexibility index (Phi) is 8.57. The van der Waals surface area contributed by atoms with Crippen molar-refractivity contribution in [1.82, 2.24) is 21.1 Å². The van der Waals surface area contributed by atoms with E-state index in [-0.39, 0.29) is 17.6 Å². The monoisotopic (exact) mass is 422 g/mol. The summed E-state index contributed by atoms with van der Waals surface area (Å²) in [5.41, 5.74) is 5.98. The number of nitrogens with one attached hydrogen (secondary N) is 3. The maximum Gasteiger partial charge on any atom is 0.270 e. The van der Waals surface area contributed by atoms with Crippen LogP contribution in [0.15, 0.2) is 29.2 Å². The Morgan fingerprint density at radius 2 is 1.89 bits per heavy atom. The average molecular weight is 423 g/mol. The predicted octanol–water partition coefficient (Wildman–Crippen LogP) is 2.80. The van der Waals surface area contributed by atoms with Gasteiger partial charge >= 0.3 is 0 Å². The number of amides is 2. The number of thioether (sulfide) groups is 1. The van der Waals surface area contributed by atoms with Crippen LogP contribution in [-0.2, 0) is 4.79 Å². The van der Waals surface area contributed by atoms with Crippen LogP contribution in [0, 0.1) is 11.8 Å². The first-order valence-corrected chi connectivity index (χ1v) is 11.0. The molecule has 6 nitrogen and oxygen atoms in total. The van der Waals surface area contributed by atoms with Crippen LogP contribution in [-0.4, -0.2) is 47.7 Å². The SMILES string of the molecule is C[C@@H]1[C@H](C)CCC[C@H]1NC(=S)NNC(=O)c1ccccc1SCC(=O)N(C)C. The van der Waals surface area contributed by atoms with Crippen molar-refractivity contribution in [3.05, 3.63) is 29.8 Å². The van der Waals surface area contributed by atoms with Crippen LogP contribution in [0.25, 0.3) is 0 Å². The smallest absolute Gasteiger partial charge is 0.270 e. The number of carbonyl (C=O) groups excluding carboxylic acids is 2. The lowest BCUT2D eigenvalue weighted by atomic mass is 9.78. The summed E-state index contributed by atoms with van der Waals surface area (Å²) in [6, 6.07) is 7.55. The molecule has 3 N–H and O–H groups in total. The topological polar surface area (TPSA) is 73.5 Å². The molecule has 8 heteroatoms. The maximum absolute atomic E-state index is 12.6. The Balaban J connectivity index is 1.89. The summed E-state index contributed by atoms with van der Waals surface area (Å²) < 4.78 is 0. The fourth-order valence-corrected chi connectivity index (χ4v) is 4.45. The normalized spacial score (nSPS) is 21.5. The number of hydrazine groups is 1. The van der Waals surface area contributed by atoms with E-state index in [4.69, 9.17) is 12.2 Å². The van der Waals surface area contributed by atoms with Crippen molar-refractivity contribution in [1.29, 1.82) is 0 Å². The van der Waals surface area contributed by atoms with Gasteiger partial charge in [-0.1, -0.05) is 38.8 Å². The minimum absolute atomic E-state index is 0.000422. The molecule has 0 unspecified atom stereocenters. The first-order valence-electron chi connectivity index (χ1n) is 9.58. The van der Waals surface area contributed by atoms with E-state index in [0.717, 1.165) is 11.3 Å². The Morgan fingerprint density at radius 1 is 1.18 bits per heavy atom. The van der Waals surface area contributed by atoms with E-state index in [1.54, 1.807) is 26.2 Å².